The highest BCUT2D eigenvalue weighted by atomic mass is 32.2. The number of hydrogen-bond donors (Lipinski definition) is 0. The molecule has 0 aliphatic heterocycles. The van der Waals surface area contributed by atoms with Gasteiger partial charge in [-0.25, -0.2) is 17.6 Å². The number of alkyl halides is 4. The Morgan fingerprint density at radius 2 is 1.23 bits per heavy atom. The SMILES string of the molecule is CC(CCOS(=O)(=O)C(CF)CF)OS(=O)(=O)C(CF)CF. The summed E-state index contributed by atoms with van der Waals surface area (Å²) >= 11 is 0. The highest BCUT2D eigenvalue weighted by Gasteiger charge is 2.30. The number of hydrogen-bond acceptors (Lipinski definition) is 6. The lowest BCUT2D eigenvalue weighted by Gasteiger charge is -2.17. The van der Waals surface area contributed by atoms with E-state index in [1.54, 1.807) is 0 Å². The predicted molar refractivity (Wildman–Crippen MR) is 70.4 cm³/mol. The lowest BCUT2D eigenvalue weighted by atomic mass is 10.3. The summed E-state index contributed by atoms with van der Waals surface area (Å²) in [6, 6.07) is 0. The third-order valence-corrected chi connectivity index (χ3v) is 5.80. The Morgan fingerprint density at radius 1 is 0.818 bits per heavy atom. The maximum absolute atomic E-state index is 12.3. The molecule has 0 aliphatic rings. The van der Waals surface area contributed by atoms with Crippen molar-refractivity contribution in [3.63, 3.8) is 0 Å². The second-order valence-electron chi connectivity index (χ2n) is 4.36. The van der Waals surface area contributed by atoms with Crippen LogP contribution in [0.25, 0.3) is 0 Å². The van der Waals surface area contributed by atoms with Crippen molar-refractivity contribution in [1.82, 2.24) is 0 Å². The van der Waals surface area contributed by atoms with E-state index >= 15 is 0 Å². The molecule has 0 fully saturated rings. The first kappa shape index (κ1) is 21.5. The largest absolute Gasteiger partial charge is 0.275 e. The molecule has 0 spiro atoms. The van der Waals surface area contributed by atoms with E-state index in [1.807, 2.05) is 0 Å². The van der Waals surface area contributed by atoms with Gasteiger partial charge < -0.3 is 0 Å². The molecule has 6 nitrogen and oxygen atoms in total. The first-order valence-electron chi connectivity index (χ1n) is 6.18. The van der Waals surface area contributed by atoms with E-state index in [4.69, 9.17) is 0 Å². The van der Waals surface area contributed by atoms with Gasteiger partial charge in [-0.15, -0.1) is 0 Å². The van der Waals surface area contributed by atoms with E-state index in [2.05, 4.69) is 8.37 Å². The van der Waals surface area contributed by atoms with Crippen LogP contribution in [-0.4, -0.2) is 66.7 Å². The maximum atomic E-state index is 12.3. The van der Waals surface area contributed by atoms with Crippen LogP contribution in [0.5, 0.6) is 0 Å². The Bertz CT molecular complexity index is 502. The van der Waals surface area contributed by atoms with Crippen LogP contribution >= 0.6 is 0 Å². The summed E-state index contributed by atoms with van der Waals surface area (Å²) < 4.78 is 103. The van der Waals surface area contributed by atoms with Crippen molar-refractivity contribution in [2.45, 2.75) is 29.9 Å². The Morgan fingerprint density at radius 3 is 1.64 bits per heavy atom. The van der Waals surface area contributed by atoms with Crippen LogP contribution < -0.4 is 0 Å². The average molecular weight is 374 g/mol. The van der Waals surface area contributed by atoms with Crippen molar-refractivity contribution in [1.29, 1.82) is 0 Å². The molecular weight excluding hydrogens is 356 g/mol. The molecular formula is C10H18F4O6S2. The summed E-state index contributed by atoms with van der Waals surface area (Å²) in [5.74, 6) is 0. The zero-order chi connectivity index (χ0) is 17.4. The zero-order valence-electron chi connectivity index (χ0n) is 11.8. The fourth-order valence-electron chi connectivity index (χ4n) is 1.17. The Labute approximate surface area is 127 Å². The maximum Gasteiger partial charge on any atom is 0.275 e. The van der Waals surface area contributed by atoms with E-state index in [9.17, 15) is 34.4 Å². The van der Waals surface area contributed by atoms with Crippen LogP contribution in [0.3, 0.4) is 0 Å². The molecule has 0 amide bonds. The topological polar surface area (TPSA) is 86.7 Å². The molecule has 22 heavy (non-hydrogen) atoms. The molecule has 0 saturated heterocycles. The van der Waals surface area contributed by atoms with Crippen LogP contribution in [0.2, 0.25) is 0 Å². The second kappa shape index (κ2) is 9.63. The fraction of sp³-hybridized carbons (Fsp3) is 1.00. The molecule has 0 aliphatic carbocycles. The average Bonchev–Trinajstić information content (AvgIpc) is 2.39. The predicted octanol–water partition coefficient (Wildman–Crippen LogP) is 1.07. The summed E-state index contributed by atoms with van der Waals surface area (Å²) in [5, 5.41) is -3.91. The summed E-state index contributed by atoms with van der Waals surface area (Å²) in [6.45, 7) is -5.24. The van der Waals surface area contributed by atoms with E-state index in [0.29, 0.717) is 0 Å². The Kier molecular flexibility index (Phi) is 9.43. The third-order valence-electron chi connectivity index (χ3n) is 2.58. The van der Waals surface area contributed by atoms with Crippen molar-refractivity contribution in [2.24, 2.45) is 0 Å². The Balaban J connectivity index is 4.45. The molecule has 0 aromatic carbocycles. The monoisotopic (exact) mass is 374 g/mol. The first-order valence-corrected chi connectivity index (χ1v) is 9.13. The quantitative estimate of drug-likeness (QED) is 0.375. The van der Waals surface area contributed by atoms with Crippen molar-refractivity contribution in [2.75, 3.05) is 33.3 Å². The zero-order valence-corrected chi connectivity index (χ0v) is 13.4. The van der Waals surface area contributed by atoms with Gasteiger partial charge in [-0.3, -0.25) is 8.37 Å². The molecule has 0 aromatic rings. The minimum absolute atomic E-state index is 0.283. The molecule has 0 heterocycles. The lowest BCUT2D eigenvalue weighted by Crippen LogP contribution is -2.31. The van der Waals surface area contributed by atoms with Crippen molar-refractivity contribution in [3.05, 3.63) is 0 Å². The standard InChI is InChI=1S/C10H18F4O6S2/c1-8(20-22(17,18)10(6-13)7-14)2-3-19-21(15,16)9(4-11)5-12/h8-10H,2-7H2,1H3. The summed E-state index contributed by atoms with van der Waals surface area (Å²) in [4.78, 5) is 0. The van der Waals surface area contributed by atoms with Crippen LogP contribution in [-0.2, 0) is 28.6 Å². The van der Waals surface area contributed by atoms with Gasteiger partial charge in [-0.2, -0.15) is 16.8 Å². The van der Waals surface area contributed by atoms with Gasteiger partial charge >= 0.3 is 0 Å². The van der Waals surface area contributed by atoms with E-state index in [0.717, 1.165) is 0 Å². The van der Waals surface area contributed by atoms with E-state index in [-0.39, 0.29) is 6.42 Å². The van der Waals surface area contributed by atoms with Gasteiger partial charge in [0.15, 0.2) is 0 Å². The lowest BCUT2D eigenvalue weighted by molar-refractivity contribution is 0.178. The van der Waals surface area contributed by atoms with Crippen LogP contribution in [0.4, 0.5) is 17.6 Å². The molecule has 0 aromatic heterocycles. The van der Waals surface area contributed by atoms with Gasteiger partial charge in [0.25, 0.3) is 20.2 Å². The van der Waals surface area contributed by atoms with Crippen LogP contribution in [0.1, 0.15) is 13.3 Å². The molecule has 0 saturated carbocycles. The molecule has 0 radical (unpaired) electrons. The number of rotatable bonds is 12. The Hall–Kier alpha value is -0.460. The van der Waals surface area contributed by atoms with Gasteiger partial charge in [-0.1, -0.05) is 0 Å². The number of halogens is 4. The van der Waals surface area contributed by atoms with Crippen molar-refractivity contribution < 1.29 is 42.8 Å². The molecule has 134 valence electrons. The summed E-state index contributed by atoms with van der Waals surface area (Å²) in [6.07, 6.45) is -1.41. The molecule has 12 heteroatoms. The van der Waals surface area contributed by atoms with Gasteiger partial charge in [0, 0.05) is 0 Å². The van der Waals surface area contributed by atoms with Crippen molar-refractivity contribution in [3.8, 4) is 0 Å². The minimum atomic E-state index is -4.49. The van der Waals surface area contributed by atoms with Gasteiger partial charge in [0.05, 0.1) is 12.7 Å². The smallest absolute Gasteiger partial charge is 0.270 e. The highest BCUT2D eigenvalue weighted by molar-refractivity contribution is 7.87. The summed E-state index contributed by atoms with van der Waals surface area (Å²) in [5.41, 5.74) is 0. The second-order valence-corrected chi connectivity index (χ2v) is 8.10. The summed E-state index contributed by atoms with van der Waals surface area (Å²) in [7, 11) is -8.95. The molecule has 0 bridgehead atoms. The van der Waals surface area contributed by atoms with Crippen LogP contribution in [0, 0.1) is 0 Å². The highest BCUT2D eigenvalue weighted by Crippen LogP contribution is 2.13. The minimum Gasteiger partial charge on any atom is -0.270 e. The van der Waals surface area contributed by atoms with Gasteiger partial charge in [-0.05, 0) is 13.3 Å². The normalized spacial score (nSPS) is 14.7. The van der Waals surface area contributed by atoms with Gasteiger partial charge in [0.1, 0.15) is 37.2 Å². The van der Waals surface area contributed by atoms with E-state index in [1.165, 1.54) is 6.92 Å². The molecule has 0 N–H and O–H groups in total. The van der Waals surface area contributed by atoms with E-state index < -0.39 is 70.1 Å². The molecule has 0 rings (SSSR count). The fourth-order valence-corrected chi connectivity index (χ4v) is 3.02. The molecule has 1 unspecified atom stereocenters. The van der Waals surface area contributed by atoms with Crippen LogP contribution in [0.15, 0.2) is 0 Å². The molecule has 1 atom stereocenters. The van der Waals surface area contributed by atoms with Gasteiger partial charge in [0.2, 0.25) is 0 Å². The first-order chi connectivity index (χ1) is 10.1. The van der Waals surface area contributed by atoms with Crippen molar-refractivity contribution >= 4 is 20.2 Å². The third kappa shape index (κ3) is 6.75.